The van der Waals surface area contributed by atoms with Crippen molar-refractivity contribution in [2.75, 3.05) is 5.32 Å². The molecule has 17 heavy (non-hydrogen) atoms. The van der Waals surface area contributed by atoms with Gasteiger partial charge in [0, 0.05) is 11.9 Å². The second-order valence-corrected chi connectivity index (χ2v) is 3.82. The molecule has 2 rings (SSSR count). The molecule has 0 aliphatic rings. The zero-order valence-corrected chi connectivity index (χ0v) is 9.99. The van der Waals surface area contributed by atoms with Crippen molar-refractivity contribution >= 4 is 22.9 Å². The summed E-state index contributed by atoms with van der Waals surface area (Å²) in [6.45, 7) is 2.21. The molecule has 0 saturated carbocycles. The van der Waals surface area contributed by atoms with E-state index >= 15 is 0 Å². The predicted molar refractivity (Wildman–Crippen MR) is 66.5 cm³/mol. The molecule has 6 nitrogen and oxygen atoms in total. The maximum absolute atomic E-state index is 5.49. The average molecular weight is 249 g/mol. The van der Waals surface area contributed by atoms with Crippen LogP contribution in [0.2, 0.25) is 0 Å². The molecule has 0 radical (unpaired) electrons. The van der Waals surface area contributed by atoms with Gasteiger partial charge in [-0.2, -0.15) is 4.98 Å². The fraction of sp³-hybridized carbons (Fsp3) is 0.200. The molecule has 0 amide bonds. The Morgan fingerprint density at radius 1 is 1.59 bits per heavy atom. The van der Waals surface area contributed by atoms with Crippen LogP contribution in [0.1, 0.15) is 17.4 Å². The molecule has 0 fully saturated rings. The van der Waals surface area contributed by atoms with Crippen LogP contribution < -0.4 is 11.1 Å². The first kappa shape index (κ1) is 11.5. The lowest BCUT2D eigenvalue weighted by molar-refractivity contribution is 0.379. The highest BCUT2D eigenvalue weighted by molar-refractivity contribution is 7.80. The van der Waals surface area contributed by atoms with Gasteiger partial charge in [-0.3, -0.25) is 4.98 Å². The number of thiocarbonyl (C=S) groups is 1. The van der Waals surface area contributed by atoms with Gasteiger partial charge in [0.2, 0.25) is 5.89 Å². The summed E-state index contributed by atoms with van der Waals surface area (Å²) >= 11 is 4.85. The Kier molecular flexibility index (Phi) is 3.29. The number of pyridine rings is 1. The summed E-state index contributed by atoms with van der Waals surface area (Å²) in [5.74, 6) is 1.14. The van der Waals surface area contributed by atoms with Crippen molar-refractivity contribution in [1.29, 1.82) is 0 Å². The van der Waals surface area contributed by atoms with E-state index in [1.807, 2.05) is 6.07 Å². The van der Waals surface area contributed by atoms with Crippen molar-refractivity contribution in [1.82, 2.24) is 15.1 Å². The number of anilines is 1. The highest BCUT2D eigenvalue weighted by Crippen LogP contribution is 2.09. The third-order valence-corrected chi connectivity index (χ3v) is 2.23. The summed E-state index contributed by atoms with van der Waals surface area (Å²) in [6, 6.07) is 3.58. The summed E-state index contributed by atoms with van der Waals surface area (Å²) in [5, 5.41) is 6.81. The molecule has 2 aromatic rings. The number of aryl methyl sites for hydroxylation is 1. The molecular weight excluding hydrogens is 238 g/mol. The van der Waals surface area contributed by atoms with Gasteiger partial charge in [-0.25, -0.2) is 0 Å². The van der Waals surface area contributed by atoms with E-state index in [1.165, 1.54) is 0 Å². The maximum atomic E-state index is 5.49. The summed E-state index contributed by atoms with van der Waals surface area (Å²) in [6.07, 6.45) is 1.63. The Balaban J connectivity index is 2.04. The number of rotatable bonds is 4. The highest BCUT2D eigenvalue weighted by atomic mass is 32.1. The molecule has 0 unspecified atom stereocenters. The Bertz CT molecular complexity index is 539. The summed E-state index contributed by atoms with van der Waals surface area (Å²) in [7, 11) is 0. The van der Waals surface area contributed by atoms with Crippen LogP contribution in [0, 0.1) is 6.92 Å². The molecule has 0 aliphatic carbocycles. The van der Waals surface area contributed by atoms with E-state index < -0.39 is 0 Å². The van der Waals surface area contributed by atoms with Crippen molar-refractivity contribution in [3.8, 4) is 0 Å². The van der Waals surface area contributed by atoms with Crippen LogP contribution in [0.15, 0.2) is 22.9 Å². The quantitative estimate of drug-likeness (QED) is 0.782. The van der Waals surface area contributed by atoms with Crippen molar-refractivity contribution in [2.45, 2.75) is 13.5 Å². The van der Waals surface area contributed by atoms with Crippen molar-refractivity contribution in [3.05, 3.63) is 35.7 Å². The van der Waals surface area contributed by atoms with Crippen molar-refractivity contribution in [2.24, 2.45) is 5.73 Å². The fourth-order valence-electron chi connectivity index (χ4n) is 1.26. The minimum absolute atomic E-state index is 0.266. The van der Waals surface area contributed by atoms with Gasteiger partial charge in [-0.05, 0) is 19.1 Å². The number of nitrogens with one attached hydrogen (secondary N) is 1. The smallest absolute Gasteiger partial charge is 0.245 e. The number of hydrogen-bond donors (Lipinski definition) is 2. The Morgan fingerprint density at radius 2 is 2.41 bits per heavy atom. The van der Waals surface area contributed by atoms with Gasteiger partial charge in [-0.15, -0.1) is 0 Å². The van der Waals surface area contributed by atoms with Crippen LogP contribution in [-0.4, -0.2) is 20.1 Å². The standard InChI is InChI=1S/C10H11N5OS/c1-6-14-9(16-15-6)5-13-7-2-3-12-8(4-7)10(11)17/h2-4H,5H2,1H3,(H2,11,17)(H,12,13). The molecule has 0 atom stereocenters. The summed E-state index contributed by atoms with van der Waals surface area (Å²) in [4.78, 5) is 8.38. The van der Waals surface area contributed by atoms with E-state index in [9.17, 15) is 0 Å². The molecule has 88 valence electrons. The number of nitrogens with two attached hydrogens (primary N) is 1. The second kappa shape index (κ2) is 4.88. The Hall–Kier alpha value is -2.02. The molecule has 0 saturated heterocycles. The van der Waals surface area contributed by atoms with E-state index in [-0.39, 0.29) is 4.99 Å². The molecule has 2 aromatic heterocycles. The van der Waals surface area contributed by atoms with E-state index in [4.69, 9.17) is 22.5 Å². The van der Waals surface area contributed by atoms with Gasteiger partial charge in [0.15, 0.2) is 5.82 Å². The minimum atomic E-state index is 0.266. The predicted octanol–water partition coefficient (Wildman–Crippen LogP) is 1.02. The lowest BCUT2D eigenvalue weighted by atomic mass is 10.3. The van der Waals surface area contributed by atoms with Crippen LogP contribution in [-0.2, 0) is 6.54 Å². The van der Waals surface area contributed by atoms with E-state index in [0.29, 0.717) is 24.0 Å². The van der Waals surface area contributed by atoms with Crippen molar-refractivity contribution in [3.63, 3.8) is 0 Å². The Morgan fingerprint density at radius 3 is 3.06 bits per heavy atom. The zero-order chi connectivity index (χ0) is 12.3. The topological polar surface area (TPSA) is 89.9 Å². The monoisotopic (exact) mass is 249 g/mol. The van der Waals surface area contributed by atoms with Crippen molar-refractivity contribution < 1.29 is 4.52 Å². The average Bonchev–Trinajstić information content (AvgIpc) is 2.73. The van der Waals surface area contributed by atoms with Crippen LogP contribution in [0.5, 0.6) is 0 Å². The fourth-order valence-corrected chi connectivity index (χ4v) is 1.38. The SMILES string of the molecule is Cc1noc(CNc2ccnc(C(N)=S)c2)n1. The van der Waals surface area contributed by atoms with Gasteiger partial charge in [-0.1, -0.05) is 17.4 Å². The van der Waals surface area contributed by atoms with Crippen LogP contribution >= 0.6 is 12.2 Å². The molecular formula is C10H11N5OS. The first-order valence-electron chi connectivity index (χ1n) is 4.94. The van der Waals surface area contributed by atoms with Gasteiger partial charge < -0.3 is 15.6 Å². The highest BCUT2D eigenvalue weighted by Gasteiger charge is 2.03. The zero-order valence-electron chi connectivity index (χ0n) is 9.17. The number of nitrogens with zero attached hydrogens (tertiary/aromatic N) is 3. The second-order valence-electron chi connectivity index (χ2n) is 3.38. The van der Waals surface area contributed by atoms with Gasteiger partial charge in [0.05, 0.1) is 12.2 Å². The molecule has 0 bridgehead atoms. The van der Waals surface area contributed by atoms with Crippen LogP contribution in [0.4, 0.5) is 5.69 Å². The summed E-state index contributed by atoms with van der Waals surface area (Å²) < 4.78 is 4.97. The van der Waals surface area contributed by atoms with E-state index in [1.54, 1.807) is 19.2 Å². The normalized spacial score (nSPS) is 10.2. The third-order valence-electron chi connectivity index (χ3n) is 2.03. The van der Waals surface area contributed by atoms with Gasteiger partial charge in [0.25, 0.3) is 0 Å². The molecule has 0 aromatic carbocycles. The minimum Gasteiger partial charge on any atom is -0.388 e. The number of hydrogen-bond acceptors (Lipinski definition) is 6. The maximum Gasteiger partial charge on any atom is 0.245 e. The first-order chi connectivity index (χ1) is 8.15. The van der Waals surface area contributed by atoms with E-state index in [2.05, 4.69) is 20.4 Å². The Labute approximate surface area is 103 Å². The van der Waals surface area contributed by atoms with E-state index in [0.717, 1.165) is 5.69 Å². The molecule has 0 spiro atoms. The van der Waals surface area contributed by atoms with Crippen LogP contribution in [0.25, 0.3) is 0 Å². The lowest BCUT2D eigenvalue weighted by Crippen LogP contribution is -2.12. The lowest BCUT2D eigenvalue weighted by Gasteiger charge is -2.04. The molecule has 3 N–H and O–H groups in total. The largest absolute Gasteiger partial charge is 0.388 e. The molecule has 0 aliphatic heterocycles. The third kappa shape index (κ3) is 2.97. The van der Waals surface area contributed by atoms with Crippen LogP contribution in [0.3, 0.4) is 0 Å². The number of aromatic nitrogens is 3. The molecule has 2 heterocycles. The van der Waals surface area contributed by atoms with Gasteiger partial charge in [0.1, 0.15) is 4.99 Å². The first-order valence-corrected chi connectivity index (χ1v) is 5.35. The molecule has 7 heteroatoms. The van der Waals surface area contributed by atoms with Gasteiger partial charge >= 0.3 is 0 Å². The summed E-state index contributed by atoms with van der Waals surface area (Å²) in [5.41, 5.74) is 6.92.